The molecule has 0 N–H and O–H groups in total. The van der Waals surface area contributed by atoms with Crippen LogP contribution in [0.2, 0.25) is 0 Å². The van der Waals surface area contributed by atoms with Gasteiger partial charge in [0.25, 0.3) is 0 Å². The molecule has 0 unspecified atom stereocenters. The number of carbonyl (C=O) groups excluding carboxylic acids is 1. The van der Waals surface area contributed by atoms with Crippen LogP contribution in [0, 0.1) is 12.3 Å². The van der Waals surface area contributed by atoms with Gasteiger partial charge < -0.3 is 4.74 Å². The maximum Gasteiger partial charge on any atom is 0.387 e. The van der Waals surface area contributed by atoms with E-state index in [2.05, 4.69) is 10.7 Å². The average molecular weight is 210 g/mol. The van der Waals surface area contributed by atoms with Crippen molar-refractivity contribution in [3.05, 3.63) is 29.8 Å². The van der Waals surface area contributed by atoms with Gasteiger partial charge in [0.1, 0.15) is 5.75 Å². The number of para-hydroxylation sites is 1. The monoisotopic (exact) mass is 210 g/mol. The number of ether oxygens (including phenoxy) is 1. The van der Waals surface area contributed by atoms with Gasteiger partial charge in [0.15, 0.2) is 5.78 Å². The zero-order valence-electron chi connectivity index (χ0n) is 7.74. The van der Waals surface area contributed by atoms with Gasteiger partial charge >= 0.3 is 6.61 Å². The number of hydrogen-bond acceptors (Lipinski definition) is 2. The van der Waals surface area contributed by atoms with Gasteiger partial charge in [-0.05, 0) is 12.1 Å². The van der Waals surface area contributed by atoms with E-state index in [1.165, 1.54) is 18.2 Å². The lowest BCUT2D eigenvalue weighted by molar-refractivity contribution is -0.0501. The summed E-state index contributed by atoms with van der Waals surface area (Å²) in [5.74, 6) is 1.60. The molecule has 0 radical (unpaired) electrons. The first-order valence-electron chi connectivity index (χ1n) is 4.15. The van der Waals surface area contributed by atoms with Gasteiger partial charge in [0, 0.05) is 0 Å². The van der Waals surface area contributed by atoms with Gasteiger partial charge in [0.05, 0.1) is 12.0 Å². The number of alkyl halides is 2. The van der Waals surface area contributed by atoms with Crippen molar-refractivity contribution in [3.63, 3.8) is 0 Å². The molecule has 1 aromatic carbocycles. The third kappa shape index (κ3) is 3.06. The Balaban J connectivity index is 2.96. The summed E-state index contributed by atoms with van der Waals surface area (Å²) in [5, 5.41) is 0. The predicted molar refractivity (Wildman–Crippen MR) is 50.9 cm³/mol. The molecular weight excluding hydrogens is 202 g/mol. The Morgan fingerprint density at radius 3 is 2.73 bits per heavy atom. The Morgan fingerprint density at radius 1 is 1.47 bits per heavy atom. The van der Waals surface area contributed by atoms with Crippen LogP contribution < -0.4 is 4.74 Å². The van der Waals surface area contributed by atoms with E-state index in [4.69, 9.17) is 6.42 Å². The summed E-state index contributed by atoms with van der Waals surface area (Å²) in [6.07, 6.45) is 4.82. The highest BCUT2D eigenvalue weighted by Gasteiger charge is 2.13. The molecule has 2 nitrogen and oxygen atoms in total. The van der Waals surface area contributed by atoms with Crippen LogP contribution in [0.3, 0.4) is 0 Å². The Kier molecular flexibility index (Phi) is 3.81. The van der Waals surface area contributed by atoms with Crippen molar-refractivity contribution in [2.75, 3.05) is 0 Å². The second kappa shape index (κ2) is 5.11. The average Bonchev–Trinajstić information content (AvgIpc) is 2.18. The number of ketones is 1. The molecule has 78 valence electrons. The van der Waals surface area contributed by atoms with E-state index in [1.807, 2.05) is 0 Å². The molecule has 0 atom stereocenters. The van der Waals surface area contributed by atoms with Crippen LogP contribution in [-0.2, 0) is 0 Å². The normalized spacial score (nSPS) is 9.73. The Labute approximate surface area is 85.9 Å². The second-order valence-electron chi connectivity index (χ2n) is 2.68. The minimum Gasteiger partial charge on any atom is -0.434 e. The van der Waals surface area contributed by atoms with E-state index in [0.29, 0.717) is 0 Å². The zero-order chi connectivity index (χ0) is 11.3. The van der Waals surface area contributed by atoms with Crippen LogP contribution >= 0.6 is 0 Å². The first-order valence-corrected chi connectivity index (χ1v) is 4.15. The highest BCUT2D eigenvalue weighted by Crippen LogP contribution is 2.21. The number of benzene rings is 1. The highest BCUT2D eigenvalue weighted by molar-refractivity contribution is 5.99. The maximum absolute atomic E-state index is 12.0. The first-order chi connectivity index (χ1) is 7.15. The Bertz CT molecular complexity index is 394. The summed E-state index contributed by atoms with van der Waals surface area (Å²) < 4.78 is 28.1. The molecule has 0 heterocycles. The fourth-order valence-electron chi connectivity index (χ4n) is 1.08. The van der Waals surface area contributed by atoms with E-state index in [0.717, 1.165) is 0 Å². The molecule has 0 saturated carbocycles. The number of halogens is 2. The van der Waals surface area contributed by atoms with Gasteiger partial charge in [-0.3, -0.25) is 4.79 Å². The third-order valence-electron chi connectivity index (χ3n) is 1.67. The highest BCUT2D eigenvalue weighted by atomic mass is 19.3. The molecule has 0 spiro atoms. The van der Waals surface area contributed by atoms with Crippen molar-refractivity contribution in [3.8, 4) is 18.1 Å². The van der Waals surface area contributed by atoms with E-state index < -0.39 is 12.4 Å². The van der Waals surface area contributed by atoms with Gasteiger partial charge in [-0.25, -0.2) is 0 Å². The number of carbonyl (C=O) groups is 1. The summed E-state index contributed by atoms with van der Waals surface area (Å²) in [6.45, 7) is -2.95. The molecule has 0 amide bonds. The summed E-state index contributed by atoms with van der Waals surface area (Å²) in [4.78, 5) is 11.4. The minimum atomic E-state index is -2.95. The van der Waals surface area contributed by atoms with Crippen molar-refractivity contribution >= 4 is 5.78 Å². The Hall–Kier alpha value is -1.89. The number of terminal acetylenes is 1. The lowest BCUT2D eigenvalue weighted by atomic mass is 10.1. The molecule has 15 heavy (non-hydrogen) atoms. The van der Waals surface area contributed by atoms with Crippen LogP contribution in [0.4, 0.5) is 8.78 Å². The largest absolute Gasteiger partial charge is 0.434 e. The third-order valence-corrected chi connectivity index (χ3v) is 1.67. The molecule has 1 rings (SSSR count). The van der Waals surface area contributed by atoms with E-state index >= 15 is 0 Å². The molecule has 4 heteroatoms. The van der Waals surface area contributed by atoms with Crippen LogP contribution in [0.1, 0.15) is 16.8 Å². The fourth-order valence-corrected chi connectivity index (χ4v) is 1.08. The lowest BCUT2D eigenvalue weighted by Gasteiger charge is -2.08. The van der Waals surface area contributed by atoms with Crippen LogP contribution in [0.25, 0.3) is 0 Å². The van der Waals surface area contributed by atoms with E-state index in [1.54, 1.807) is 6.07 Å². The van der Waals surface area contributed by atoms with Gasteiger partial charge in [-0.15, -0.1) is 6.42 Å². The van der Waals surface area contributed by atoms with Gasteiger partial charge in [0.2, 0.25) is 0 Å². The van der Waals surface area contributed by atoms with Crippen LogP contribution in [0.5, 0.6) is 5.75 Å². The SMILES string of the molecule is C#CCC(=O)c1ccccc1OC(F)F. The summed E-state index contributed by atoms with van der Waals surface area (Å²) >= 11 is 0. The number of rotatable bonds is 4. The van der Waals surface area contributed by atoms with Crippen molar-refractivity contribution in [1.29, 1.82) is 0 Å². The molecule has 0 fully saturated rings. The standard InChI is InChI=1S/C11H8F2O2/c1-2-5-9(14)8-6-3-4-7-10(8)15-11(12)13/h1,3-4,6-7,11H,5H2. The maximum atomic E-state index is 12.0. The van der Waals surface area contributed by atoms with Crippen molar-refractivity contribution in [2.24, 2.45) is 0 Å². The molecule has 0 aromatic heterocycles. The fraction of sp³-hybridized carbons (Fsp3) is 0.182. The van der Waals surface area contributed by atoms with Crippen LogP contribution in [-0.4, -0.2) is 12.4 Å². The topological polar surface area (TPSA) is 26.3 Å². The quantitative estimate of drug-likeness (QED) is 0.563. The van der Waals surface area contributed by atoms with E-state index in [9.17, 15) is 13.6 Å². The van der Waals surface area contributed by atoms with Crippen molar-refractivity contribution < 1.29 is 18.3 Å². The predicted octanol–water partition coefficient (Wildman–Crippen LogP) is 2.49. The van der Waals surface area contributed by atoms with Crippen LogP contribution in [0.15, 0.2) is 24.3 Å². The number of Topliss-reactive ketones (excluding diaryl/α,β-unsaturated/α-hetero) is 1. The summed E-state index contributed by atoms with van der Waals surface area (Å²) in [7, 11) is 0. The number of hydrogen-bond donors (Lipinski definition) is 0. The Morgan fingerprint density at radius 2 is 2.13 bits per heavy atom. The van der Waals surface area contributed by atoms with Gasteiger partial charge in [-0.1, -0.05) is 18.1 Å². The molecule has 0 aliphatic heterocycles. The van der Waals surface area contributed by atoms with Crippen molar-refractivity contribution in [1.82, 2.24) is 0 Å². The molecule has 0 bridgehead atoms. The van der Waals surface area contributed by atoms with Gasteiger partial charge in [-0.2, -0.15) is 8.78 Å². The zero-order valence-corrected chi connectivity index (χ0v) is 7.74. The molecule has 1 aromatic rings. The molecule has 0 aliphatic carbocycles. The lowest BCUT2D eigenvalue weighted by Crippen LogP contribution is -2.07. The summed E-state index contributed by atoms with van der Waals surface area (Å²) in [5.41, 5.74) is 0.0794. The van der Waals surface area contributed by atoms with Crippen molar-refractivity contribution in [2.45, 2.75) is 13.0 Å². The minimum absolute atomic E-state index is 0.0794. The second-order valence-corrected chi connectivity index (χ2v) is 2.68. The first kappa shape index (κ1) is 11.2. The summed E-state index contributed by atoms with van der Waals surface area (Å²) in [6, 6.07) is 5.76. The van der Waals surface area contributed by atoms with E-state index in [-0.39, 0.29) is 17.7 Å². The molecule has 0 saturated heterocycles. The molecular formula is C11H8F2O2. The molecule has 0 aliphatic rings. The smallest absolute Gasteiger partial charge is 0.387 e.